The molecule has 4 N–H and O–H groups in total. The molecule has 1 aliphatic heterocycles. The fourth-order valence-corrected chi connectivity index (χ4v) is 1.86. The minimum Gasteiger partial charge on any atom is -0.506 e. The Morgan fingerprint density at radius 1 is 1.53 bits per heavy atom. The van der Waals surface area contributed by atoms with Crippen LogP contribution in [0.1, 0.15) is 23.2 Å². The molecule has 2 rings (SSSR count). The summed E-state index contributed by atoms with van der Waals surface area (Å²) in [4.78, 5) is 12.0. The van der Waals surface area contributed by atoms with E-state index >= 15 is 0 Å². The predicted molar refractivity (Wildman–Crippen MR) is 57.9 cm³/mol. The number of para-hydroxylation sites is 1. The van der Waals surface area contributed by atoms with Crippen LogP contribution < -0.4 is 11.1 Å². The van der Waals surface area contributed by atoms with Crippen molar-refractivity contribution in [1.82, 2.24) is 5.32 Å². The Balaban J connectivity index is 2.28. The second-order valence-electron chi connectivity index (χ2n) is 3.75. The average Bonchev–Trinajstić information content (AvgIpc) is 2.74. The van der Waals surface area contributed by atoms with E-state index in [0.717, 1.165) is 19.4 Å². The van der Waals surface area contributed by atoms with E-state index in [1.807, 2.05) is 0 Å². The fourth-order valence-electron chi connectivity index (χ4n) is 1.86. The van der Waals surface area contributed by atoms with Crippen molar-refractivity contribution in [2.24, 2.45) is 0 Å². The summed E-state index contributed by atoms with van der Waals surface area (Å²) in [5.41, 5.74) is 6.24. The molecule has 0 aromatic heterocycles. The van der Waals surface area contributed by atoms with E-state index in [0.29, 0.717) is 5.56 Å². The molecule has 15 heavy (non-hydrogen) atoms. The molecule has 0 amide bonds. The maximum Gasteiger partial charge on any atom is 0.181 e. The zero-order valence-electron chi connectivity index (χ0n) is 8.36. The zero-order valence-corrected chi connectivity index (χ0v) is 8.36. The van der Waals surface area contributed by atoms with Gasteiger partial charge in [0.15, 0.2) is 5.78 Å². The Bertz CT molecular complexity index is 384. The van der Waals surface area contributed by atoms with Crippen LogP contribution in [0.5, 0.6) is 5.75 Å². The molecule has 1 fully saturated rings. The number of Topliss-reactive ketones (excluding diaryl/α,β-unsaturated/α-hetero) is 1. The summed E-state index contributed by atoms with van der Waals surface area (Å²) in [7, 11) is 0. The van der Waals surface area contributed by atoms with Gasteiger partial charge < -0.3 is 16.2 Å². The number of nitrogens with one attached hydrogen (secondary N) is 1. The van der Waals surface area contributed by atoms with Crippen molar-refractivity contribution in [1.29, 1.82) is 0 Å². The molecule has 1 aromatic rings. The summed E-state index contributed by atoms with van der Waals surface area (Å²) >= 11 is 0. The van der Waals surface area contributed by atoms with Gasteiger partial charge in [0.05, 0.1) is 11.7 Å². The fraction of sp³-hybridized carbons (Fsp3) is 0.364. The SMILES string of the molecule is Nc1c(O)cccc1C(=O)C1CCCN1. The largest absolute Gasteiger partial charge is 0.506 e. The van der Waals surface area contributed by atoms with Crippen LogP contribution in [0.3, 0.4) is 0 Å². The molecule has 1 aliphatic rings. The Morgan fingerprint density at radius 2 is 2.33 bits per heavy atom. The summed E-state index contributed by atoms with van der Waals surface area (Å²) in [6.45, 7) is 0.870. The van der Waals surface area contributed by atoms with E-state index in [1.165, 1.54) is 6.07 Å². The smallest absolute Gasteiger partial charge is 0.181 e. The number of aromatic hydroxyl groups is 1. The number of carbonyl (C=O) groups is 1. The Morgan fingerprint density at radius 3 is 3.00 bits per heavy atom. The highest BCUT2D eigenvalue weighted by Gasteiger charge is 2.25. The van der Waals surface area contributed by atoms with Gasteiger partial charge in [0.2, 0.25) is 0 Å². The first-order valence-corrected chi connectivity index (χ1v) is 5.05. The number of nitrogen functional groups attached to an aromatic ring is 1. The van der Waals surface area contributed by atoms with Gasteiger partial charge in [-0.2, -0.15) is 0 Å². The minimum absolute atomic E-state index is 0.0269. The third-order valence-electron chi connectivity index (χ3n) is 2.73. The zero-order chi connectivity index (χ0) is 10.8. The van der Waals surface area contributed by atoms with Gasteiger partial charge >= 0.3 is 0 Å². The van der Waals surface area contributed by atoms with Crippen molar-refractivity contribution in [3.8, 4) is 5.75 Å². The van der Waals surface area contributed by atoms with Crippen LogP contribution in [0, 0.1) is 0 Å². The van der Waals surface area contributed by atoms with Gasteiger partial charge in [-0.15, -0.1) is 0 Å². The predicted octanol–water partition coefficient (Wildman–Crippen LogP) is 0.909. The normalized spacial score (nSPS) is 20.4. The number of carbonyl (C=O) groups excluding carboxylic acids is 1. The number of hydrogen-bond acceptors (Lipinski definition) is 4. The van der Waals surface area contributed by atoms with E-state index in [2.05, 4.69) is 5.32 Å². The van der Waals surface area contributed by atoms with Crippen LogP contribution in [0.15, 0.2) is 18.2 Å². The molecule has 1 saturated heterocycles. The molecule has 1 unspecified atom stereocenters. The van der Waals surface area contributed by atoms with Crippen LogP contribution in [0.4, 0.5) is 5.69 Å². The lowest BCUT2D eigenvalue weighted by molar-refractivity contribution is 0.0953. The van der Waals surface area contributed by atoms with Crippen LogP contribution in [-0.2, 0) is 0 Å². The quantitative estimate of drug-likeness (QED) is 0.382. The van der Waals surface area contributed by atoms with Crippen LogP contribution in [0.25, 0.3) is 0 Å². The lowest BCUT2D eigenvalue weighted by Crippen LogP contribution is -2.31. The van der Waals surface area contributed by atoms with E-state index in [9.17, 15) is 9.90 Å². The highest BCUT2D eigenvalue weighted by molar-refractivity contribution is 6.05. The monoisotopic (exact) mass is 206 g/mol. The average molecular weight is 206 g/mol. The molecule has 0 spiro atoms. The van der Waals surface area contributed by atoms with E-state index in [-0.39, 0.29) is 23.3 Å². The Kier molecular flexibility index (Phi) is 2.60. The number of phenolic OH excluding ortho intramolecular Hbond substituents is 1. The summed E-state index contributed by atoms with van der Waals surface area (Å²) in [5.74, 6) is -0.0558. The molecule has 0 bridgehead atoms. The van der Waals surface area contributed by atoms with Crippen LogP contribution in [0.2, 0.25) is 0 Å². The number of rotatable bonds is 2. The highest BCUT2D eigenvalue weighted by Crippen LogP contribution is 2.25. The van der Waals surface area contributed by atoms with Crippen molar-refractivity contribution in [2.75, 3.05) is 12.3 Å². The number of anilines is 1. The van der Waals surface area contributed by atoms with Crippen molar-refractivity contribution < 1.29 is 9.90 Å². The molecule has 4 nitrogen and oxygen atoms in total. The van der Waals surface area contributed by atoms with Gasteiger partial charge in [-0.05, 0) is 31.5 Å². The van der Waals surface area contributed by atoms with Crippen molar-refractivity contribution >= 4 is 11.5 Å². The van der Waals surface area contributed by atoms with Gasteiger partial charge in [-0.1, -0.05) is 6.07 Å². The van der Waals surface area contributed by atoms with Crippen molar-refractivity contribution in [2.45, 2.75) is 18.9 Å². The third kappa shape index (κ3) is 1.80. The third-order valence-corrected chi connectivity index (χ3v) is 2.73. The molecule has 0 aliphatic carbocycles. The van der Waals surface area contributed by atoms with Crippen LogP contribution >= 0.6 is 0 Å². The van der Waals surface area contributed by atoms with Gasteiger partial charge in [-0.25, -0.2) is 0 Å². The standard InChI is InChI=1S/C11H14N2O2/c12-10-7(3-1-5-9(10)14)11(15)8-4-2-6-13-8/h1,3,5,8,13-14H,2,4,6,12H2. The van der Waals surface area contributed by atoms with Gasteiger partial charge in [0.25, 0.3) is 0 Å². The van der Waals surface area contributed by atoms with E-state index in [1.54, 1.807) is 12.1 Å². The maximum absolute atomic E-state index is 12.0. The summed E-state index contributed by atoms with van der Waals surface area (Å²) in [6, 6.07) is 4.62. The van der Waals surface area contributed by atoms with E-state index < -0.39 is 0 Å². The topological polar surface area (TPSA) is 75.3 Å². The second-order valence-corrected chi connectivity index (χ2v) is 3.75. The van der Waals surface area contributed by atoms with Crippen LogP contribution in [-0.4, -0.2) is 23.5 Å². The number of ketones is 1. The number of benzene rings is 1. The summed E-state index contributed by atoms with van der Waals surface area (Å²) in [6.07, 6.45) is 1.85. The molecule has 1 heterocycles. The Hall–Kier alpha value is -1.55. The number of nitrogens with two attached hydrogens (primary N) is 1. The Labute approximate surface area is 88.1 Å². The lowest BCUT2D eigenvalue weighted by Gasteiger charge is -2.11. The minimum atomic E-state index is -0.144. The molecular weight excluding hydrogens is 192 g/mol. The van der Waals surface area contributed by atoms with Crippen molar-refractivity contribution in [3.63, 3.8) is 0 Å². The summed E-state index contributed by atoms with van der Waals surface area (Å²) in [5, 5.41) is 12.5. The molecule has 0 saturated carbocycles. The number of phenols is 1. The molecular formula is C11H14N2O2. The maximum atomic E-state index is 12.0. The molecule has 80 valence electrons. The van der Waals surface area contributed by atoms with Crippen molar-refractivity contribution in [3.05, 3.63) is 23.8 Å². The number of hydrogen-bond donors (Lipinski definition) is 3. The first-order valence-electron chi connectivity index (χ1n) is 5.05. The lowest BCUT2D eigenvalue weighted by atomic mass is 10.0. The molecule has 4 heteroatoms. The van der Waals surface area contributed by atoms with Gasteiger partial charge in [-0.3, -0.25) is 4.79 Å². The molecule has 1 aromatic carbocycles. The van der Waals surface area contributed by atoms with E-state index in [4.69, 9.17) is 5.73 Å². The van der Waals surface area contributed by atoms with Gasteiger partial charge in [0.1, 0.15) is 5.75 Å². The second kappa shape index (κ2) is 3.90. The summed E-state index contributed by atoms with van der Waals surface area (Å²) < 4.78 is 0. The molecule has 1 atom stereocenters. The first-order chi connectivity index (χ1) is 7.20. The highest BCUT2D eigenvalue weighted by atomic mass is 16.3. The first kappa shape index (κ1) is 9.98. The molecule has 0 radical (unpaired) electrons. The van der Waals surface area contributed by atoms with Gasteiger partial charge in [0, 0.05) is 5.56 Å².